The number of unbranched alkanes of at least 4 members (excludes halogenated alkanes) is 16. The number of allylic oxidation sites excluding steroid dienone is 6. The highest BCUT2D eigenvalue weighted by atomic mass is 16.7. The van der Waals surface area contributed by atoms with Crippen molar-refractivity contribution in [3.63, 3.8) is 0 Å². The van der Waals surface area contributed by atoms with Crippen LogP contribution < -0.4 is 0 Å². The molecule has 1 fully saturated rings. The lowest BCUT2D eigenvalue weighted by atomic mass is 9.99. The molecule has 9 heteroatoms. The minimum atomic E-state index is -1.53. The molecule has 1 aliphatic rings. The predicted octanol–water partition coefficient (Wildman–Crippen LogP) is 8.02. The zero-order valence-corrected chi connectivity index (χ0v) is 31.6. The Morgan fingerprint density at radius 3 is 1.74 bits per heavy atom. The third kappa shape index (κ3) is 24.6. The Bertz CT molecular complexity index is 859. The molecule has 9 nitrogen and oxygen atoms in total. The van der Waals surface area contributed by atoms with Gasteiger partial charge in [0.05, 0.1) is 19.8 Å². The molecule has 0 radical (unpaired) electrons. The molecule has 1 saturated heterocycles. The van der Waals surface area contributed by atoms with Gasteiger partial charge in [0, 0.05) is 13.0 Å². The van der Waals surface area contributed by atoms with Crippen molar-refractivity contribution in [3.05, 3.63) is 36.5 Å². The first-order chi connectivity index (χ1) is 24.4. The molecule has 1 rings (SSSR count). The maximum Gasteiger partial charge on any atom is 0.306 e. The summed E-state index contributed by atoms with van der Waals surface area (Å²) in [5, 5.41) is 39.8. The van der Waals surface area contributed by atoms with E-state index in [0.29, 0.717) is 13.0 Å². The van der Waals surface area contributed by atoms with E-state index in [1.165, 1.54) is 64.2 Å². The normalized spacial score (nSPS) is 21.9. The number of hydrogen-bond acceptors (Lipinski definition) is 9. The number of aliphatic hydroxyl groups excluding tert-OH is 4. The lowest BCUT2D eigenvalue weighted by Gasteiger charge is -2.39. The fraction of sp³-hybridized carbons (Fsp3) is 0.829. The van der Waals surface area contributed by atoms with Gasteiger partial charge in [0.1, 0.15) is 30.5 Å². The Kier molecular flexibility index (Phi) is 30.9. The first kappa shape index (κ1) is 46.4. The molecule has 0 aliphatic carbocycles. The van der Waals surface area contributed by atoms with Gasteiger partial charge in [-0.05, 0) is 51.4 Å². The molecule has 0 bridgehead atoms. The predicted molar refractivity (Wildman–Crippen MR) is 201 cm³/mol. The van der Waals surface area contributed by atoms with Gasteiger partial charge in [-0.3, -0.25) is 4.79 Å². The van der Waals surface area contributed by atoms with Crippen LogP contribution in [0.1, 0.15) is 155 Å². The molecule has 0 aromatic carbocycles. The summed E-state index contributed by atoms with van der Waals surface area (Å²) in [6.07, 6.45) is 30.7. The molecular formula is C41H74O9. The van der Waals surface area contributed by atoms with Crippen LogP contribution in [-0.4, -0.2) is 89.6 Å². The Morgan fingerprint density at radius 1 is 0.640 bits per heavy atom. The third-order valence-electron chi connectivity index (χ3n) is 9.06. The highest BCUT2D eigenvalue weighted by Gasteiger charge is 2.44. The molecule has 1 aliphatic heterocycles. The lowest BCUT2D eigenvalue weighted by Crippen LogP contribution is -2.59. The molecule has 4 N–H and O–H groups in total. The standard InChI is InChI=1S/C41H74O9/c1-3-5-7-9-10-11-12-13-14-15-16-17-18-19-20-21-22-23-24-25-27-29-31-47-33-35(49-37(43)30-28-26-8-6-4-2)34-48-41-40(46)39(45)38(44)36(32-42)50-41/h12-13,15-16,18-19,35-36,38-42,44-46H,3-11,14,17,20-34H2,1-2H3/b13-12-,16-15-,19-18-. The van der Waals surface area contributed by atoms with E-state index in [-0.39, 0.29) is 19.2 Å². The minimum absolute atomic E-state index is 0.118. The van der Waals surface area contributed by atoms with Gasteiger partial charge in [-0.1, -0.05) is 134 Å². The second-order valence-electron chi connectivity index (χ2n) is 13.7. The Labute approximate surface area is 304 Å². The zero-order valence-electron chi connectivity index (χ0n) is 31.6. The van der Waals surface area contributed by atoms with Crippen LogP contribution in [0.2, 0.25) is 0 Å². The van der Waals surface area contributed by atoms with E-state index < -0.39 is 43.4 Å². The quantitative estimate of drug-likeness (QED) is 0.0303. The molecule has 0 amide bonds. The van der Waals surface area contributed by atoms with Crippen molar-refractivity contribution in [3.8, 4) is 0 Å². The van der Waals surface area contributed by atoms with Crippen LogP contribution >= 0.6 is 0 Å². The summed E-state index contributed by atoms with van der Waals surface area (Å²) in [5.74, 6) is -0.332. The molecule has 1 heterocycles. The van der Waals surface area contributed by atoms with Crippen molar-refractivity contribution in [1.82, 2.24) is 0 Å². The first-order valence-electron chi connectivity index (χ1n) is 20.1. The van der Waals surface area contributed by atoms with Gasteiger partial charge in [0.25, 0.3) is 0 Å². The van der Waals surface area contributed by atoms with E-state index in [9.17, 15) is 25.2 Å². The fourth-order valence-electron chi connectivity index (χ4n) is 5.85. The van der Waals surface area contributed by atoms with Crippen LogP contribution in [0.25, 0.3) is 0 Å². The van der Waals surface area contributed by atoms with Crippen molar-refractivity contribution in [1.29, 1.82) is 0 Å². The number of carbonyl (C=O) groups excluding carboxylic acids is 1. The monoisotopic (exact) mass is 711 g/mol. The van der Waals surface area contributed by atoms with E-state index in [1.807, 2.05) is 0 Å². The summed E-state index contributed by atoms with van der Waals surface area (Å²) in [6, 6.07) is 0. The molecular weight excluding hydrogens is 636 g/mol. The van der Waals surface area contributed by atoms with Gasteiger partial charge < -0.3 is 39.4 Å². The summed E-state index contributed by atoms with van der Waals surface area (Å²) < 4.78 is 22.6. The topological polar surface area (TPSA) is 135 Å². The molecule has 6 atom stereocenters. The Balaban J connectivity index is 2.18. The van der Waals surface area contributed by atoms with Crippen LogP contribution in [0, 0.1) is 0 Å². The average molecular weight is 711 g/mol. The van der Waals surface area contributed by atoms with Crippen LogP contribution in [0.4, 0.5) is 0 Å². The number of carbonyl (C=O) groups is 1. The summed E-state index contributed by atoms with van der Waals surface area (Å²) in [7, 11) is 0. The number of esters is 1. The zero-order chi connectivity index (χ0) is 36.5. The van der Waals surface area contributed by atoms with E-state index in [2.05, 4.69) is 50.3 Å². The smallest absolute Gasteiger partial charge is 0.306 e. The fourth-order valence-corrected chi connectivity index (χ4v) is 5.85. The van der Waals surface area contributed by atoms with Crippen molar-refractivity contribution in [2.45, 2.75) is 192 Å². The highest BCUT2D eigenvalue weighted by molar-refractivity contribution is 5.69. The SMILES string of the molecule is CCCCCCC/C=C\C/C=C\C/C=C\CCCCCCCCCOCC(COC1OC(CO)C(O)C(O)C1O)OC(=O)CCCCCCC. The van der Waals surface area contributed by atoms with E-state index >= 15 is 0 Å². The van der Waals surface area contributed by atoms with Crippen molar-refractivity contribution in [2.75, 3.05) is 26.4 Å². The van der Waals surface area contributed by atoms with Gasteiger partial charge in [0.2, 0.25) is 0 Å². The van der Waals surface area contributed by atoms with Crippen LogP contribution in [0.3, 0.4) is 0 Å². The van der Waals surface area contributed by atoms with Crippen molar-refractivity contribution in [2.24, 2.45) is 0 Å². The van der Waals surface area contributed by atoms with E-state index in [0.717, 1.165) is 70.6 Å². The van der Waals surface area contributed by atoms with Crippen molar-refractivity contribution < 1.29 is 44.2 Å². The molecule has 0 aromatic rings. The van der Waals surface area contributed by atoms with Crippen LogP contribution in [0.5, 0.6) is 0 Å². The second kappa shape index (κ2) is 33.3. The van der Waals surface area contributed by atoms with E-state index in [4.69, 9.17) is 18.9 Å². The van der Waals surface area contributed by atoms with Crippen molar-refractivity contribution >= 4 is 5.97 Å². The van der Waals surface area contributed by atoms with Crippen LogP contribution in [0.15, 0.2) is 36.5 Å². The maximum atomic E-state index is 12.5. The highest BCUT2D eigenvalue weighted by Crippen LogP contribution is 2.22. The largest absolute Gasteiger partial charge is 0.457 e. The number of rotatable bonds is 33. The molecule has 0 saturated carbocycles. The molecule has 50 heavy (non-hydrogen) atoms. The van der Waals surface area contributed by atoms with Gasteiger partial charge in [-0.2, -0.15) is 0 Å². The molecule has 6 unspecified atom stereocenters. The van der Waals surface area contributed by atoms with Gasteiger partial charge in [-0.15, -0.1) is 0 Å². The second-order valence-corrected chi connectivity index (χ2v) is 13.7. The number of ether oxygens (including phenoxy) is 4. The first-order valence-corrected chi connectivity index (χ1v) is 20.1. The molecule has 0 aromatic heterocycles. The number of hydrogen-bond donors (Lipinski definition) is 4. The Hall–Kier alpha value is -1.59. The molecule has 0 spiro atoms. The van der Waals surface area contributed by atoms with Crippen LogP contribution in [-0.2, 0) is 23.7 Å². The summed E-state index contributed by atoms with van der Waals surface area (Å²) >= 11 is 0. The van der Waals surface area contributed by atoms with E-state index in [1.54, 1.807) is 0 Å². The van der Waals surface area contributed by atoms with Gasteiger partial charge in [0.15, 0.2) is 6.29 Å². The minimum Gasteiger partial charge on any atom is -0.457 e. The van der Waals surface area contributed by atoms with Gasteiger partial charge in [-0.25, -0.2) is 0 Å². The molecule has 292 valence electrons. The lowest BCUT2D eigenvalue weighted by molar-refractivity contribution is -0.305. The summed E-state index contributed by atoms with van der Waals surface area (Å²) in [4.78, 5) is 12.5. The average Bonchev–Trinajstić information content (AvgIpc) is 3.11. The number of aliphatic hydroxyl groups is 4. The third-order valence-corrected chi connectivity index (χ3v) is 9.06. The Morgan fingerprint density at radius 2 is 1.16 bits per heavy atom. The van der Waals surface area contributed by atoms with Gasteiger partial charge >= 0.3 is 5.97 Å². The summed E-state index contributed by atoms with van der Waals surface area (Å²) in [5.41, 5.74) is 0. The summed E-state index contributed by atoms with van der Waals surface area (Å²) in [6.45, 7) is 4.42. The maximum absolute atomic E-state index is 12.5.